The van der Waals surface area contributed by atoms with Gasteiger partial charge in [-0.2, -0.15) is 0 Å². The zero-order valence-electron chi connectivity index (χ0n) is 11.1. The van der Waals surface area contributed by atoms with Crippen molar-refractivity contribution in [3.8, 4) is 0 Å². The average molecular weight is 267 g/mol. The van der Waals surface area contributed by atoms with Gasteiger partial charge in [0.15, 0.2) is 0 Å². The van der Waals surface area contributed by atoms with Gasteiger partial charge in [-0.05, 0) is 17.7 Å². The molecule has 4 nitrogen and oxygen atoms in total. The lowest BCUT2D eigenvalue weighted by Crippen LogP contribution is -2.35. The summed E-state index contributed by atoms with van der Waals surface area (Å²) >= 11 is 0. The lowest BCUT2D eigenvalue weighted by Gasteiger charge is -2.22. The predicted octanol–water partition coefficient (Wildman–Crippen LogP) is 1.65. The quantitative estimate of drug-likeness (QED) is 0.885. The summed E-state index contributed by atoms with van der Waals surface area (Å²) in [7, 11) is 0. The number of pyridine rings is 1. The SMILES string of the molecule is O=C1CC(NC(c2ccccc2)c2ccccn2)CN1. The number of hydrogen-bond acceptors (Lipinski definition) is 3. The Morgan fingerprint density at radius 1 is 1.15 bits per heavy atom. The molecule has 0 saturated carbocycles. The molecule has 0 aliphatic carbocycles. The minimum Gasteiger partial charge on any atom is -0.354 e. The maximum Gasteiger partial charge on any atom is 0.221 e. The highest BCUT2D eigenvalue weighted by Crippen LogP contribution is 2.21. The van der Waals surface area contributed by atoms with E-state index >= 15 is 0 Å². The van der Waals surface area contributed by atoms with Crippen LogP contribution in [0.5, 0.6) is 0 Å². The van der Waals surface area contributed by atoms with Crippen LogP contribution in [0.1, 0.15) is 23.7 Å². The van der Waals surface area contributed by atoms with E-state index in [1.54, 1.807) is 6.20 Å². The molecule has 1 saturated heterocycles. The Morgan fingerprint density at radius 3 is 2.60 bits per heavy atom. The van der Waals surface area contributed by atoms with Gasteiger partial charge < -0.3 is 5.32 Å². The second-order valence-corrected chi connectivity index (χ2v) is 4.97. The highest BCUT2D eigenvalue weighted by atomic mass is 16.1. The molecular formula is C16H17N3O. The first-order chi connectivity index (χ1) is 9.83. The zero-order chi connectivity index (χ0) is 13.8. The van der Waals surface area contributed by atoms with Gasteiger partial charge in [0, 0.05) is 25.2 Å². The van der Waals surface area contributed by atoms with E-state index in [0.29, 0.717) is 13.0 Å². The van der Waals surface area contributed by atoms with Crippen LogP contribution in [-0.4, -0.2) is 23.5 Å². The number of carbonyl (C=O) groups excluding carboxylic acids is 1. The summed E-state index contributed by atoms with van der Waals surface area (Å²) in [6.07, 6.45) is 2.32. The third kappa shape index (κ3) is 2.86. The van der Waals surface area contributed by atoms with Gasteiger partial charge in [-0.25, -0.2) is 0 Å². The van der Waals surface area contributed by atoms with Crippen LogP contribution >= 0.6 is 0 Å². The van der Waals surface area contributed by atoms with Gasteiger partial charge in [0.1, 0.15) is 0 Å². The summed E-state index contributed by atoms with van der Waals surface area (Å²) in [6, 6.07) is 16.3. The highest BCUT2D eigenvalue weighted by molar-refractivity contribution is 5.78. The predicted molar refractivity (Wildman–Crippen MR) is 77.1 cm³/mol. The molecule has 4 heteroatoms. The second-order valence-electron chi connectivity index (χ2n) is 4.97. The first-order valence-corrected chi connectivity index (χ1v) is 6.81. The van der Waals surface area contributed by atoms with E-state index < -0.39 is 0 Å². The van der Waals surface area contributed by atoms with Crippen molar-refractivity contribution in [2.24, 2.45) is 0 Å². The number of benzene rings is 1. The van der Waals surface area contributed by atoms with Gasteiger partial charge in [-0.1, -0.05) is 36.4 Å². The molecule has 1 amide bonds. The zero-order valence-corrected chi connectivity index (χ0v) is 11.1. The summed E-state index contributed by atoms with van der Waals surface area (Å²) in [5.74, 6) is 0.107. The molecule has 1 aliphatic heterocycles. The first-order valence-electron chi connectivity index (χ1n) is 6.81. The largest absolute Gasteiger partial charge is 0.354 e. The van der Waals surface area contributed by atoms with Gasteiger partial charge >= 0.3 is 0 Å². The van der Waals surface area contributed by atoms with Crippen LogP contribution in [0.25, 0.3) is 0 Å². The molecule has 0 bridgehead atoms. The molecule has 20 heavy (non-hydrogen) atoms. The number of hydrogen-bond donors (Lipinski definition) is 2. The van der Waals surface area contributed by atoms with Crippen molar-refractivity contribution in [1.82, 2.24) is 15.6 Å². The second kappa shape index (κ2) is 5.84. The van der Waals surface area contributed by atoms with E-state index in [4.69, 9.17) is 0 Å². The summed E-state index contributed by atoms with van der Waals surface area (Å²) in [5.41, 5.74) is 2.13. The molecule has 102 valence electrons. The van der Waals surface area contributed by atoms with Crippen LogP contribution in [0.4, 0.5) is 0 Å². The highest BCUT2D eigenvalue weighted by Gasteiger charge is 2.25. The van der Waals surface area contributed by atoms with E-state index in [1.165, 1.54) is 0 Å². The molecule has 1 fully saturated rings. The molecule has 1 aromatic carbocycles. The average Bonchev–Trinajstić information content (AvgIpc) is 2.92. The summed E-state index contributed by atoms with van der Waals surface area (Å²) in [4.78, 5) is 15.8. The lowest BCUT2D eigenvalue weighted by molar-refractivity contribution is -0.119. The van der Waals surface area contributed by atoms with Gasteiger partial charge in [0.05, 0.1) is 11.7 Å². The first kappa shape index (κ1) is 12.8. The van der Waals surface area contributed by atoms with E-state index in [9.17, 15) is 4.79 Å². The smallest absolute Gasteiger partial charge is 0.221 e. The lowest BCUT2D eigenvalue weighted by atomic mass is 10.0. The van der Waals surface area contributed by atoms with Crippen LogP contribution in [0, 0.1) is 0 Å². The number of carbonyl (C=O) groups is 1. The van der Waals surface area contributed by atoms with Crippen molar-refractivity contribution in [3.63, 3.8) is 0 Å². The Labute approximate surface area is 118 Å². The molecule has 3 rings (SSSR count). The third-order valence-corrected chi connectivity index (χ3v) is 3.50. The Kier molecular flexibility index (Phi) is 3.74. The Hall–Kier alpha value is -2.20. The number of rotatable bonds is 4. The molecular weight excluding hydrogens is 250 g/mol. The molecule has 2 N–H and O–H groups in total. The van der Waals surface area contributed by atoms with Crippen molar-refractivity contribution < 1.29 is 4.79 Å². The van der Waals surface area contributed by atoms with Crippen molar-refractivity contribution >= 4 is 5.91 Å². The Balaban J connectivity index is 1.86. The molecule has 2 unspecified atom stereocenters. The standard InChI is InChI=1S/C16H17N3O/c20-15-10-13(11-18-15)19-16(12-6-2-1-3-7-12)14-8-4-5-9-17-14/h1-9,13,16,19H,10-11H2,(H,18,20). The summed E-state index contributed by atoms with van der Waals surface area (Å²) in [5, 5.41) is 6.39. The number of nitrogens with one attached hydrogen (secondary N) is 2. The van der Waals surface area contributed by atoms with Crippen molar-refractivity contribution in [1.29, 1.82) is 0 Å². The number of nitrogens with zero attached hydrogens (tertiary/aromatic N) is 1. The van der Waals surface area contributed by atoms with Gasteiger partial charge in [0.2, 0.25) is 5.91 Å². The molecule has 1 aromatic heterocycles. The number of aromatic nitrogens is 1. The minimum atomic E-state index is 0.00935. The van der Waals surface area contributed by atoms with Crippen molar-refractivity contribution in [3.05, 3.63) is 66.0 Å². The van der Waals surface area contributed by atoms with Gasteiger partial charge in [0.25, 0.3) is 0 Å². The molecule has 1 aliphatic rings. The third-order valence-electron chi connectivity index (χ3n) is 3.50. The van der Waals surface area contributed by atoms with Crippen LogP contribution in [0.15, 0.2) is 54.7 Å². The fourth-order valence-electron chi connectivity index (χ4n) is 2.50. The van der Waals surface area contributed by atoms with Crippen molar-refractivity contribution in [2.75, 3.05) is 6.54 Å². The van der Waals surface area contributed by atoms with Crippen LogP contribution < -0.4 is 10.6 Å². The van der Waals surface area contributed by atoms with E-state index in [-0.39, 0.29) is 18.0 Å². The molecule has 2 atom stereocenters. The van der Waals surface area contributed by atoms with E-state index in [2.05, 4.69) is 27.8 Å². The topological polar surface area (TPSA) is 54.0 Å². The van der Waals surface area contributed by atoms with E-state index in [1.807, 2.05) is 36.4 Å². The molecule has 0 spiro atoms. The van der Waals surface area contributed by atoms with Crippen LogP contribution in [-0.2, 0) is 4.79 Å². The van der Waals surface area contributed by atoms with Crippen LogP contribution in [0.3, 0.4) is 0 Å². The molecule has 0 radical (unpaired) electrons. The minimum absolute atomic E-state index is 0.00935. The number of amides is 1. The summed E-state index contributed by atoms with van der Waals surface area (Å²) < 4.78 is 0. The van der Waals surface area contributed by atoms with Crippen molar-refractivity contribution in [2.45, 2.75) is 18.5 Å². The fraction of sp³-hybridized carbons (Fsp3) is 0.250. The van der Waals surface area contributed by atoms with Gasteiger partial charge in [-0.3, -0.25) is 15.1 Å². The maximum absolute atomic E-state index is 11.3. The Bertz CT molecular complexity index is 531. The Morgan fingerprint density at radius 2 is 1.95 bits per heavy atom. The summed E-state index contributed by atoms with van der Waals surface area (Å²) in [6.45, 7) is 0.676. The normalized spacial score (nSPS) is 19.6. The van der Waals surface area contributed by atoms with E-state index in [0.717, 1.165) is 11.3 Å². The maximum atomic E-state index is 11.3. The monoisotopic (exact) mass is 267 g/mol. The molecule has 2 heterocycles. The van der Waals surface area contributed by atoms with Gasteiger partial charge in [-0.15, -0.1) is 0 Å². The van der Waals surface area contributed by atoms with Crippen LogP contribution in [0.2, 0.25) is 0 Å². The fourth-order valence-corrected chi connectivity index (χ4v) is 2.50. The molecule has 2 aromatic rings.